The number of benzene rings is 4. The number of methoxy groups -OCH3 is 3. The van der Waals surface area contributed by atoms with Crippen molar-refractivity contribution < 1.29 is 45.2 Å². The molecule has 4 rings (SSSR count). The van der Waals surface area contributed by atoms with Gasteiger partial charge >= 0.3 is 0 Å². The molecule has 0 N–H and O–H groups in total. The predicted octanol–water partition coefficient (Wildman–Crippen LogP) is 8.68. The van der Waals surface area contributed by atoms with E-state index in [1.54, 1.807) is 33.5 Å². The Hall–Kier alpha value is -2.41. The predicted molar refractivity (Wildman–Crippen MR) is 206 cm³/mol. The molecule has 13 heteroatoms. The molecule has 0 amide bonds. The molecule has 0 saturated heterocycles. The SMILES string of the molecule is COCCOc1ccc(C([S-])=C([S-])c2ccccc2Cl)cc1OC.COOCCc1ccc(C([S-])=C([S-])c2ccccc2Cl)cc1OC.[Ni]. The van der Waals surface area contributed by atoms with E-state index < -0.39 is 0 Å². The molecule has 0 aliphatic rings. The minimum Gasteiger partial charge on any atom is -0.780 e. The van der Waals surface area contributed by atoms with Crippen LogP contribution in [0.1, 0.15) is 27.8 Å². The Kier molecular flexibility index (Phi) is 19.6. The van der Waals surface area contributed by atoms with E-state index in [9.17, 15) is 0 Å². The molecule has 0 unspecified atom stereocenters. The van der Waals surface area contributed by atoms with Gasteiger partial charge in [-0.05, 0) is 58.1 Å². The van der Waals surface area contributed by atoms with E-state index in [2.05, 4.69) is 4.89 Å². The van der Waals surface area contributed by atoms with Gasteiger partial charge in [0, 0.05) is 40.1 Å². The van der Waals surface area contributed by atoms with Crippen LogP contribution in [0, 0.1) is 0 Å². The number of halogens is 2. The summed E-state index contributed by atoms with van der Waals surface area (Å²) in [6.07, 6.45) is 0.666. The van der Waals surface area contributed by atoms with Gasteiger partial charge in [0.25, 0.3) is 0 Å². The van der Waals surface area contributed by atoms with Gasteiger partial charge in [-0.25, -0.2) is 9.78 Å². The molecular weight excluding hydrogens is 786 g/mol. The molecule has 0 fully saturated rings. The normalized spacial score (nSPS) is 11.6. The average Bonchev–Trinajstić information content (AvgIpc) is 3.11. The van der Waals surface area contributed by atoms with Gasteiger partial charge in [0.2, 0.25) is 0 Å². The summed E-state index contributed by atoms with van der Waals surface area (Å²) in [5.74, 6) is 1.95. The largest absolute Gasteiger partial charge is 0.780 e. The molecule has 6 nitrogen and oxygen atoms in total. The molecule has 0 heterocycles. The Morgan fingerprint density at radius 3 is 1.57 bits per heavy atom. The van der Waals surface area contributed by atoms with Gasteiger partial charge in [-0.15, -0.1) is 0 Å². The van der Waals surface area contributed by atoms with Crippen molar-refractivity contribution in [2.75, 3.05) is 48.3 Å². The Bertz CT molecular complexity index is 1600. The third-order valence-electron chi connectivity index (χ3n) is 6.74. The van der Waals surface area contributed by atoms with Crippen LogP contribution < -0.4 is 14.2 Å². The summed E-state index contributed by atoms with van der Waals surface area (Å²) in [5.41, 5.74) is 4.12. The van der Waals surface area contributed by atoms with Crippen LogP contribution in [0.2, 0.25) is 10.0 Å². The minimum absolute atomic E-state index is 0. The first-order valence-electron chi connectivity index (χ1n) is 14.5. The molecule has 0 aromatic heterocycles. The number of ether oxygens (including phenoxy) is 4. The zero-order valence-electron chi connectivity index (χ0n) is 27.1. The molecule has 0 saturated carbocycles. The minimum atomic E-state index is 0. The summed E-state index contributed by atoms with van der Waals surface area (Å²) in [6.45, 7) is 1.38. The van der Waals surface area contributed by atoms with Crippen molar-refractivity contribution in [3.63, 3.8) is 0 Å². The number of hydrogen-bond donors (Lipinski definition) is 0. The molecule has 0 atom stereocenters. The fourth-order valence-corrected chi connectivity index (χ4v) is 5.93. The summed E-state index contributed by atoms with van der Waals surface area (Å²) < 4.78 is 21.4. The average molecular weight is 821 g/mol. The smallest absolute Gasteiger partial charge is 0.161 e. The Morgan fingerprint density at radius 1 is 0.571 bits per heavy atom. The fraction of sp³-hybridized carbons (Fsp3) is 0.222. The van der Waals surface area contributed by atoms with Crippen LogP contribution >= 0.6 is 23.2 Å². The standard InChI is InChI=1S/2C18H19ClO3S2.Ni/c1-20-9-10-22-15-8-7-12(11-16(15)21-2)17(23)18(24)13-5-3-4-6-14(13)19;1-20-16-11-13(8-7-12(16)9-10-22-21-2)17(23)18(24)14-5-3-4-6-15(14)19;/h2*3-8,11,23-24H,9-10H2,1-2H3;/p-4. The molecule has 4 aromatic rings. The number of rotatable bonds is 14. The first-order chi connectivity index (χ1) is 23.2. The van der Waals surface area contributed by atoms with Crippen LogP contribution in [0.4, 0.5) is 0 Å². The molecule has 0 spiro atoms. The summed E-state index contributed by atoms with van der Waals surface area (Å²) in [7, 11) is 6.30. The van der Waals surface area contributed by atoms with Crippen LogP contribution in [-0.4, -0.2) is 48.3 Å². The van der Waals surface area contributed by atoms with Gasteiger partial charge < -0.3 is 69.5 Å². The van der Waals surface area contributed by atoms with Gasteiger partial charge in [0.1, 0.15) is 12.4 Å². The maximum absolute atomic E-state index is 6.21. The van der Waals surface area contributed by atoms with Gasteiger partial charge in [-0.1, -0.05) is 77.8 Å². The molecular formula is C36H34Cl2NiO6S4-4. The van der Waals surface area contributed by atoms with Crippen LogP contribution in [0.25, 0.3) is 19.6 Å². The zero-order chi connectivity index (χ0) is 35.1. The Balaban J connectivity index is 0.000000333. The third kappa shape index (κ3) is 12.4. The summed E-state index contributed by atoms with van der Waals surface area (Å²) >= 11 is 34.5. The van der Waals surface area contributed by atoms with Crippen LogP contribution in [0.15, 0.2) is 84.9 Å². The van der Waals surface area contributed by atoms with E-state index in [1.165, 1.54) is 7.11 Å². The van der Waals surface area contributed by atoms with E-state index in [4.69, 9.17) is 97.6 Å². The van der Waals surface area contributed by atoms with Crippen molar-refractivity contribution in [2.45, 2.75) is 6.42 Å². The zero-order valence-corrected chi connectivity index (χ0v) is 32.8. The van der Waals surface area contributed by atoms with Crippen molar-refractivity contribution >= 4 is 93.3 Å². The Labute approximate surface area is 330 Å². The van der Waals surface area contributed by atoms with E-state index in [-0.39, 0.29) is 16.5 Å². The second-order valence-corrected chi connectivity index (χ2v) is 12.2. The van der Waals surface area contributed by atoms with E-state index in [0.29, 0.717) is 67.4 Å². The Morgan fingerprint density at radius 2 is 1.08 bits per heavy atom. The third-order valence-corrected chi connectivity index (χ3v) is 9.39. The van der Waals surface area contributed by atoms with Crippen molar-refractivity contribution in [1.82, 2.24) is 0 Å². The van der Waals surface area contributed by atoms with Gasteiger partial charge in [0.05, 0.1) is 34.5 Å². The van der Waals surface area contributed by atoms with Crippen LogP contribution in [0.3, 0.4) is 0 Å². The van der Waals surface area contributed by atoms with E-state index in [1.807, 2.05) is 72.8 Å². The second-order valence-electron chi connectivity index (χ2n) is 9.75. The maximum atomic E-state index is 6.21. The van der Waals surface area contributed by atoms with Crippen molar-refractivity contribution in [3.8, 4) is 17.2 Å². The molecule has 0 bridgehead atoms. The molecule has 4 aromatic carbocycles. The first-order valence-corrected chi connectivity index (χ1v) is 16.8. The van der Waals surface area contributed by atoms with E-state index >= 15 is 0 Å². The fourth-order valence-electron chi connectivity index (χ4n) is 4.29. The topological polar surface area (TPSA) is 55.4 Å². The van der Waals surface area contributed by atoms with Gasteiger partial charge in [-0.3, -0.25) is 0 Å². The molecule has 0 aliphatic carbocycles. The summed E-state index contributed by atoms with van der Waals surface area (Å²) in [6, 6.07) is 26.0. The second kappa shape index (κ2) is 22.4. The summed E-state index contributed by atoms with van der Waals surface area (Å²) in [5, 5.41) is 1.17. The van der Waals surface area contributed by atoms with Crippen LogP contribution in [0.5, 0.6) is 17.2 Å². The van der Waals surface area contributed by atoms with Crippen LogP contribution in [-0.2, 0) is 87.9 Å². The van der Waals surface area contributed by atoms with Crippen molar-refractivity contribution in [2.24, 2.45) is 0 Å². The van der Waals surface area contributed by atoms with Crippen molar-refractivity contribution in [3.05, 3.63) is 123 Å². The quantitative estimate of drug-likeness (QED) is 0.0309. The molecule has 0 radical (unpaired) electrons. The maximum Gasteiger partial charge on any atom is 0.161 e. The van der Waals surface area contributed by atoms with Crippen molar-refractivity contribution in [1.29, 1.82) is 0 Å². The summed E-state index contributed by atoms with van der Waals surface area (Å²) in [4.78, 5) is 11.7. The monoisotopic (exact) mass is 818 g/mol. The van der Waals surface area contributed by atoms with E-state index in [0.717, 1.165) is 33.6 Å². The molecule has 0 aliphatic heterocycles. The van der Waals surface area contributed by atoms with Gasteiger partial charge in [0.15, 0.2) is 11.5 Å². The molecule has 49 heavy (non-hydrogen) atoms. The molecule has 266 valence electrons. The number of hydrogen-bond acceptors (Lipinski definition) is 10. The first kappa shape index (κ1) is 42.8. The van der Waals surface area contributed by atoms with Gasteiger partial charge in [-0.2, -0.15) is 19.6 Å².